The SMILES string of the molecule is COc1ccccc1CC(NN)c1ccnnc1. The summed E-state index contributed by atoms with van der Waals surface area (Å²) < 4.78 is 5.33. The molecule has 1 heterocycles. The van der Waals surface area contributed by atoms with Crippen LogP contribution in [0.1, 0.15) is 17.2 Å². The lowest BCUT2D eigenvalue weighted by atomic mass is 10.0. The molecule has 1 unspecified atom stereocenters. The largest absolute Gasteiger partial charge is 0.496 e. The number of para-hydroxylation sites is 1. The van der Waals surface area contributed by atoms with Crippen LogP contribution < -0.4 is 16.0 Å². The van der Waals surface area contributed by atoms with Crippen LogP contribution >= 0.6 is 0 Å². The van der Waals surface area contributed by atoms with Crippen molar-refractivity contribution in [3.05, 3.63) is 53.9 Å². The van der Waals surface area contributed by atoms with Crippen molar-refractivity contribution in [1.82, 2.24) is 15.6 Å². The van der Waals surface area contributed by atoms with Crippen molar-refractivity contribution in [2.24, 2.45) is 5.84 Å². The number of rotatable bonds is 5. The van der Waals surface area contributed by atoms with Gasteiger partial charge in [0.25, 0.3) is 0 Å². The summed E-state index contributed by atoms with van der Waals surface area (Å²) in [6, 6.07) is 9.77. The van der Waals surface area contributed by atoms with Gasteiger partial charge in [-0.25, -0.2) is 0 Å². The van der Waals surface area contributed by atoms with Crippen LogP contribution in [0.5, 0.6) is 5.75 Å². The summed E-state index contributed by atoms with van der Waals surface area (Å²) >= 11 is 0. The van der Waals surface area contributed by atoms with E-state index in [1.54, 1.807) is 19.5 Å². The van der Waals surface area contributed by atoms with E-state index in [2.05, 4.69) is 15.6 Å². The number of hydrogen-bond donors (Lipinski definition) is 2. The van der Waals surface area contributed by atoms with Crippen molar-refractivity contribution < 1.29 is 4.74 Å². The van der Waals surface area contributed by atoms with Crippen LogP contribution in [0, 0.1) is 0 Å². The molecule has 0 aliphatic carbocycles. The first-order valence-corrected chi connectivity index (χ1v) is 5.69. The standard InChI is InChI=1S/C13H16N4O/c1-18-13-5-3-2-4-10(13)8-12(17-14)11-6-7-15-16-9-11/h2-7,9,12,17H,8,14H2,1H3. The zero-order chi connectivity index (χ0) is 12.8. The normalized spacial score (nSPS) is 12.1. The summed E-state index contributed by atoms with van der Waals surface area (Å²) in [5.74, 6) is 6.47. The van der Waals surface area contributed by atoms with Gasteiger partial charge in [0.2, 0.25) is 0 Å². The monoisotopic (exact) mass is 244 g/mol. The Labute approximate surface area is 106 Å². The smallest absolute Gasteiger partial charge is 0.122 e. The first kappa shape index (κ1) is 12.5. The van der Waals surface area contributed by atoms with Crippen LogP contribution in [0.2, 0.25) is 0 Å². The molecule has 1 aromatic carbocycles. The molecule has 1 aromatic heterocycles. The summed E-state index contributed by atoms with van der Waals surface area (Å²) in [4.78, 5) is 0. The van der Waals surface area contributed by atoms with Gasteiger partial charge in [-0.05, 0) is 29.7 Å². The zero-order valence-corrected chi connectivity index (χ0v) is 10.2. The molecule has 18 heavy (non-hydrogen) atoms. The van der Waals surface area contributed by atoms with E-state index in [0.29, 0.717) is 0 Å². The molecule has 2 rings (SSSR count). The molecule has 0 saturated carbocycles. The van der Waals surface area contributed by atoms with Crippen LogP contribution in [0.3, 0.4) is 0 Å². The number of ether oxygens (including phenoxy) is 1. The third-order valence-corrected chi connectivity index (χ3v) is 2.83. The van der Waals surface area contributed by atoms with E-state index >= 15 is 0 Å². The molecule has 0 fully saturated rings. The maximum Gasteiger partial charge on any atom is 0.122 e. The highest BCUT2D eigenvalue weighted by Crippen LogP contribution is 2.23. The van der Waals surface area contributed by atoms with E-state index in [0.717, 1.165) is 23.3 Å². The van der Waals surface area contributed by atoms with E-state index < -0.39 is 0 Å². The highest BCUT2D eigenvalue weighted by molar-refractivity contribution is 5.34. The molecule has 0 aliphatic heterocycles. The summed E-state index contributed by atoms with van der Waals surface area (Å²) in [6.07, 6.45) is 4.09. The number of nitrogens with one attached hydrogen (secondary N) is 1. The lowest BCUT2D eigenvalue weighted by molar-refractivity contribution is 0.405. The third kappa shape index (κ3) is 2.82. The minimum atomic E-state index is -0.0169. The van der Waals surface area contributed by atoms with Crippen molar-refractivity contribution in [1.29, 1.82) is 0 Å². The Kier molecular flexibility index (Phi) is 4.22. The maximum absolute atomic E-state index is 5.61. The average molecular weight is 244 g/mol. The Hall–Kier alpha value is -1.98. The Balaban J connectivity index is 2.21. The molecule has 0 bridgehead atoms. The lowest BCUT2D eigenvalue weighted by Gasteiger charge is -2.17. The molecule has 0 radical (unpaired) electrons. The first-order chi connectivity index (χ1) is 8.85. The van der Waals surface area contributed by atoms with Crippen LogP contribution in [-0.4, -0.2) is 17.3 Å². The molecule has 0 spiro atoms. The minimum absolute atomic E-state index is 0.0169. The van der Waals surface area contributed by atoms with Gasteiger partial charge in [0.05, 0.1) is 19.3 Å². The van der Waals surface area contributed by atoms with Crippen molar-refractivity contribution >= 4 is 0 Å². The van der Waals surface area contributed by atoms with Gasteiger partial charge in [-0.3, -0.25) is 11.3 Å². The number of benzene rings is 1. The Morgan fingerprint density at radius 3 is 2.78 bits per heavy atom. The molecule has 2 aromatic rings. The van der Waals surface area contributed by atoms with E-state index in [9.17, 15) is 0 Å². The van der Waals surface area contributed by atoms with Gasteiger partial charge in [-0.1, -0.05) is 18.2 Å². The molecule has 5 heteroatoms. The minimum Gasteiger partial charge on any atom is -0.496 e. The molecular formula is C13H16N4O. The second kappa shape index (κ2) is 6.09. The van der Waals surface area contributed by atoms with E-state index in [-0.39, 0.29) is 6.04 Å². The van der Waals surface area contributed by atoms with Gasteiger partial charge in [0.15, 0.2) is 0 Å². The Bertz CT molecular complexity index is 489. The van der Waals surface area contributed by atoms with Crippen molar-refractivity contribution in [2.45, 2.75) is 12.5 Å². The fourth-order valence-electron chi connectivity index (χ4n) is 1.87. The van der Waals surface area contributed by atoms with E-state index in [4.69, 9.17) is 10.6 Å². The molecule has 0 aliphatic rings. The van der Waals surface area contributed by atoms with Gasteiger partial charge in [0, 0.05) is 6.20 Å². The predicted octanol–water partition coefficient (Wildman–Crippen LogP) is 1.23. The molecule has 1 atom stereocenters. The van der Waals surface area contributed by atoms with E-state index in [1.165, 1.54) is 0 Å². The molecule has 0 saturated heterocycles. The zero-order valence-electron chi connectivity index (χ0n) is 10.2. The van der Waals surface area contributed by atoms with Gasteiger partial charge in [-0.2, -0.15) is 10.2 Å². The summed E-state index contributed by atoms with van der Waals surface area (Å²) in [5.41, 5.74) is 4.89. The van der Waals surface area contributed by atoms with Crippen LogP contribution in [-0.2, 0) is 6.42 Å². The fourth-order valence-corrected chi connectivity index (χ4v) is 1.87. The lowest BCUT2D eigenvalue weighted by Crippen LogP contribution is -2.29. The number of nitrogens with zero attached hydrogens (tertiary/aromatic N) is 2. The van der Waals surface area contributed by atoms with Gasteiger partial charge in [-0.15, -0.1) is 0 Å². The highest BCUT2D eigenvalue weighted by atomic mass is 16.5. The summed E-state index contributed by atoms with van der Waals surface area (Å²) in [6.45, 7) is 0. The number of aromatic nitrogens is 2. The van der Waals surface area contributed by atoms with Crippen molar-refractivity contribution in [3.63, 3.8) is 0 Å². The predicted molar refractivity (Wildman–Crippen MR) is 68.8 cm³/mol. The number of hydrazine groups is 1. The second-order valence-corrected chi connectivity index (χ2v) is 3.91. The summed E-state index contributed by atoms with van der Waals surface area (Å²) in [5, 5.41) is 7.62. The Morgan fingerprint density at radius 1 is 1.28 bits per heavy atom. The van der Waals surface area contributed by atoms with E-state index in [1.807, 2.05) is 30.3 Å². The molecule has 94 valence electrons. The third-order valence-electron chi connectivity index (χ3n) is 2.83. The topological polar surface area (TPSA) is 73.1 Å². The number of nitrogens with two attached hydrogens (primary N) is 1. The van der Waals surface area contributed by atoms with Crippen molar-refractivity contribution in [3.8, 4) is 5.75 Å². The molecule has 0 amide bonds. The summed E-state index contributed by atoms with van der Waals surface area (Å²) in [7, 11) is 1.66. The highest BCUT2D eigenvalue weighted by Gasteiger charge is 2.13. The molecule has 3 N–H and O–H groups in total. The van der Waals surface area contributed by atoms with Gasteiger partial charge < -0.3 is 4.74 Å². The van der Waals surface area contributed by atoms with Gasteiger partial charge >= 0.3 is 0 Å². The van der Waals surface area contributed by atoms with Crippen molar-refractivity contribution in [2.75, 3.05) is 7.11 Å². The second-order valence-electron chi connectivity index (χ2n) is 3.91. The number of methoxy groups -OCH3 is 1. The number of hydrogen-bond acceptors (Lipinski definition) is 5. The van der Waals surface area contributed by atoms with Crippen LogP contribution in [0.4, 0.5) is 0 Å². The first-order valence-electron chi connectivity index (χ1n) is 5.69. The van der Waals surface area contributed by atoms with Gasteiger partial charge in [0.1, 0.15) is 5.75 Å². The maximum atomic E-state index is 5.61. The Morgan fingerprint density at radius 2 is 2.11 bits per heavy atom. The van der Waals surface area contributed by atoms with Crippen LogP contribution in [0.15, 0.2) is 42.7 Å². The van der Waals surface area contributed by atoms with Crippen LogP contribution in [0.25, 0.3) is 0 Å². The average Bonchev–Trinajstić information content (AvgIpc) is 2.46. The molecule has 5 nitrogen and oxygen atoms in total. The fraction of sp³-hybridized carbons (Fsp3) is 0.231. The molecular weight excluding hydrogens is 228 g/mol. The quantitative estimate of drug-likeness (QED) is 0.611.